The average molecular weight is 254 g/mol. The van der Waals surface area contributed by atoms with Gasteiger partial charge in [0.05, 0.1) is 21.3 Å². The molecule has 1 rings (SSSR count). The van der Waals surface area contributed by atoms with Gasteiger partial charge in [-0.2, -0.15) is 0 Å². The molecule has 4 nitrogen and oxygen atoms in total. The Balaban J connectivity index is 3.34. The molecule has 0 heterocycles. The number of sulfone groups is 1. The van der Waals surface area contributed by atoms with Crippen molar-refractivity contribution < 1.29 is 13.0 Å². The molecule has 0 fully saturated rings. The maximum Gasteiger partial charge on any atom is 0.193 e. The highest BCUT2D eigenvalue weighted by molar-refractivity contribution is 7.91. The lowest BCUT2D eigenvalue weighted by Crippen LogP contribution is -2.13. The maximum atomic E-state index is 11.1. The summed E-state index contributed by atoms with van der Waals surface area (Å²) in [7, 11) is -3.32. The van der Waals surface area contributed by atoms with Crippen LogP contribution in [-0.4, -0.2) is 19.2 Å². The number of hydrogen-bond donors (Lipinski definition) is 1. The van der Waals surface area contributed by atoms with Crippen molar-refractivity contribution in [3.63, 3.8) is 0 Å². The Hall–Kier alpha value is -0.270. The largest absolute Gasteiger partial charge is 0.593 e. The SMILES string of the molecule is CS(=O)(=O)c1ccc(Cl)c([S+](N)[O-])c1. The second-order valence-electron chi connectivity index (χ2n) is 2.66. The zero-order valence-corrected chi connectivity index (χ0v) is 9.62. The number of benzene rings is 1. The van der Waals surface area contributed by atoms with Crippen LogP contribution in [0.3, 0.4) is 0 Å². The molecule has 0 saturated carbocycles. The summed E-state index contributed by atoms with van der Waals surface area (Å²) in [6.07, 6.45) is 1.06. The van der Waals surface area contributed by atoms with E-state index in [1.807, 2.05) is 0 Å². The first-order valence-electron chi connectivity index (χ1n) is 3.48. The number of rotatable bonds is 2. The summed E-state index contributed by atoms with van der Waals surface area (Å²) >= 11 is 3.89. The van der Waals surface area contributed by atoms with Crippen LogP contribution in [-0.2, 0) is 21.2 Å². The fourth-order valence-electron chi connectivity index (χ4n) is 0.869. The molecule has 0 spiro atoms. The van der Waals surface area contributed by atoms with Crippen LogP contribution in [0.5, 0.6) is 0 Å². The van der Waals surface area contributed by atoms with Crippen molar-refractivity contribution in [2.75, 3.05) is 6.26 Å². The monoisotopic (exact) mass is 253 g/mol. The fourth-order valence-corrected chi connectivity index (χ4v) is 2.44. The Bertz CT molecular complexity index is 444. The third-order valence-corrected chi connectivity index (χ3v) is 3.87. The molecule has 0 radical (unpaired) electrons. The van der Waals surface area contributed by atoms with Gasteiger partial charge in [0.15, 0.2) is 14.7 Å². The quantitative estimate of drug-likeness (QED) is 0.788. The van der Waals surface area contributed by atoms with Crippen LogP contribution >= 0.6 is 11.6 Å². The number of halogens is 1. The Morgan fingerprint density at radius 2 is 2.07 bits per heavy atom. The Labute approximate surface area is 90.3 Å². The van der Waals surface area contributed by atoms with E-state index in [0.717, 1.165) is 6.26 Å². The van der Waals surface area contributed by atoms with E-state index in [4.69, 9.17) is 16.7 Å². The van der Waals surface area contributed by atoms with Crippen molar-refractivity contribution in [3.05, 3.63) is 23.2 Å². The highest BCUT2D eigenvalue weighted by Gasteiger charge is 2.16. The van der Waals surface area contributed by atoms with E-state index >= 15 is 0 Å². The van der Waals surface area contributed by atoms with Gasteiger partial charge < -0.3 is 4.55 Å². The highest BCUT2D eigenvalue weighted by atomic mass is 35.5. The van der Waals surface area contributed by atoms with E-state index in [2.05, 4.69) is 0 Å². The zero-order valence-electron chi connectivity index (χ0n) is 7.23. The maximum absolute atomic E-state index is 11.1. The van der Waals surface area contributed by atoms with Gasteiger partial charge in [-0.25, -0.2) is 8.42 Å². The van der Waals surface area contributed by atoms with Crippen LogP contribution in [0.2, 0.25) is 5.02 Å². The third-order valence-electron chi connectivity index (χ3n) is 1.55. The molecule has 7 heteroatoms. The molecule has 1 unspecified atom stereocenters. The predicted molar refractivity (Wildman–Crippen MR) is 55.2 cm³/mol. The Kier molecular flexibility index (Phi) is 3.44. The molecule has 1 aromatic rings. The summed E-state index contributed by atoms with van der Waals surface area (Å²) in [5.74, 6) is 0. The number of nitrogens with two attached hydrogens (primary N) is 1. The van der Waals surface area contributed by atoms with Crippen molar-refractivity contribution in [2.24, 2.45) is 5.14 Å². The third kappa shape index (κ3) is 2.61. The summed E-state index contributed by atoms with van der Waals surface area (Å²) in [6, 6.07) is 3.92. The molecule has 78 valence electrons. The summed E-state index contributed by atoms with van der Waals surface area (Å²) in [6.45, 7) is 0. The van der Waals surface area contributed by atoms with Crippen molar-refractivity contribution in [2.45, 2.75) is 9.79 Å². The predicted octanol–water partition coefficient (Wildman–Crippen LogP) is 0.725. The molecule has 2 N–H and O–H groups in total. The molecule has 1 aromatic carbocycles. The van der Waals surface area contributed by atoms with Gasteiger partial charge in [-0.3, -0.25) is 0 Å². The van der Waals surface area contributed by atoms with E-state index in [-0.39, 0.29) is 14.8 Å². The molecular formula is C7H8ClNO3S2. The minimum Gasteiger partial charge on any atom is -0.593 e. The molecule has 0 aromatic heterocycles. The molecule has 0 bridgehead atoms. The lowest BCUT2D eigenvalue weighted by atomic mass is 10.4. The molecular weight excluding hydrogens is 246 g/mol. The second kappa shape index (κ2) is 4.08. The van der Waals surface area contributed by atoms with E-state index in [1.165, 1.54) is 18.2 Å². The van der Waals surface area contributed by atoms with Gasteiger partial charge in [-0.1, -0.05) is 11.6 Å². The van der Waals surface area contributed by atoms with Crippen molar-refractivity contribution in [1.29, 1.82) is 0 Å². The van der Waals surface area contributed by atoms with Crippen LogP contribution in [0.1, 0.15) is 0 Å². The molecule has 0 saturated heterocycles. The molecule has 1 atom stereocenters. The first-order chi connectivity index (χ1) is 6.32. The second-order valence-corrected chi connectivity index (χ2v) is 6.12. The van der Waals surface area contributed by atoms with E-state index < -0.39 is 21.2 Å². The van der Waals surface area contributed by atoms with Gasteiger partial charge in [0.2, 0.25) is 0 Å². The smallest absolute Gasteiger partial charge is 0.193 e. The van der Waals surface area contributed by atoms with E-state index in [0.29, 0.717) is 0 Å². The van der Waals surface area contributed by atoms with Crippen LogP contribution in [0.15, 0.2) is 28.0 Å². The average Bonchev–Trinajstić information content (AvgIpc) is 2.02. The van der Waals surface area contributed by atoms with Gasteiger partial charge in [0.1, 0.15) is 0 Å². The minimum absolute atomic E-state index is 0.0516. The van der Waals surface area contributed by atoms with Crippen LogP contribution in [0.4, 0.5) is 0 Å². The van der Waals surface area contributed by atoms with Gasteiger partial charge in [-0.05, 0) is 12.1 Å². The first kappa shape index (κ1) is 11.8. The Morgan fingerprint density at radius 3 is 2.50 bits per heavy atom. The normalized spacial score (nSPS) is 14.0. The lowest BCUT2D eigenvalue weighted by molar-refractivity contribution is 0.596. The first-order valence-corrected chi connectivity index (χ1v) is 6.96. The van der Waals surface area contributed by atoms with E-state index in [9.17, 15) is 13.0 Å². The summed E-state index contributed by atoms with van der Waals surface area (Å²) in [5, 5.41) is 5.31. The van der Waals surface area contributed by atoms with E-state index in [1.54, 1.807) is 0 Å². The molecule has 0 amide bonds. The summed E-state index contributed by atoms with van der Waals surface area (Å²) in [5.41, 5.74) is 0. The minimum atomic E-state index is -3.32. The van der Waals surface area contributed by atoms with Crippen LogP contribution in [0.25, 0.3) is 0 Å². The van der Waals surface area contributed by atoms with Gasteiger partial charge in [0.25, 0.3) is 0 Å². The molecule has 0 aliphatic carbocycles. The summed E-state index contributed by atoms with van der Waals surface area (Å²) < 4.78 is 33.2. The highest BCUT2D eigenvalue weighted by Crippen LogP contribution is 2.23. The topological polar surface area (TPSA) is 83.2 Å². The van der Waals surface area contributed by atoms with Gasteiger partial charge in [0, 0.05) is 12.3 Å². The summed E-state index contributed by atoms with van der Waals surface area (Å²) in [4.78, 5) is 0.172. The number of hydrogen-bond acceptors (Lipinski definition) is 4. The van der Waals surface area contributed by atoms with Crippen molar-refractivity contribution in [3.8, 4) is 0 Å². The zero-order chi connectivity index (χ0) is 10.9. The lowest BCUT2D eigenvalue weighted by Gasteiger charge is -2.06. The Morgan fingerprint density at radius 1 is 1.50 bits per heavy atom. The molecule has 14 heavy (non-hydrogen) atoms. The van der Waals surface area contributed by atoms with Crippen molar-refractivity contribution in [1.82, 2.24) is 0 Å². The molecule has 0 aliphatic heterocycles. The van der Waals surface area contributed by atoms with Gasteiger partial charge in [-0.15, -0.1) is 5.14 Å². The fraction of sp³-hybridized carbons (Fsp3) is 0.143. The molecule has 0 aliphatic rings. The van der Waals surface area contributed by atoms with Crippen molar-refractivity contribution >= 4 is 32.8 Å². The van der Waals surface area contributed by atoms with Crippen LogP contribution in [0, 0.1) is 0 Å². The van der Waals surface area contributed by atoms with Crippen LogP contribution < -0.4 is 5.14 Å². The standard InChI is InChI=1S/C7H8ClNO3S2/c1-14(11,12)5-2-3-6(8)7(4-5)13(9)10/h2-4H,9H2,1H3. The van der Waals surface area contributed by atoms with Gasteiger partial charge >= 0.3 is 0 Å².